The van der Waals surface area contributed by atoms with Gasteiger partial charge in [-0.3, -0.25) is 9.36 Å². The second-order valence-corrected chi connectivity index (χ2v) is 6.54. The van der Waals surface area contributed by atoms with Crippen LogP contribution in [0.4, 0.5) is 5.69 Å². The molecule has 1 amide bonds. The van der Waals surface area contributed by atoms with Crippen LogP contribution in [0.3, 0.4) is 0 Å². The lowest BCUT2D eigenvalue weighted by atomic mass is 10.3. The van der Waals surface area contributed by atoms with Crippen molar-refractivity contribution < 1.29 is 4.79 Å². The highest BCUT2D eigenvalue weighted by atomic mass is 35.5. The van der Waals surface area contributed by atoms with Gasteiger partial charge in [0.1, 0.15) is 0 Å². The number of aromatic nitrogens is 3. The van der Waals surface area contributed by atoms with Crippen molar-refractivity contribution in [2.24, 2.45) is 0 Å². The zero-order chi connectivity index (χ0) is 16.8. The lowest BCUT2D eigenvalue weighted by Crippen LogP contribution is -2.19. The van der Waals surface area contributed by atoms with E-state index >= 15 is 0 Å². The minimum atomic E-state index is -0.258. The summed E-state index contributed by atoms with van der Waals surface area (Å²) in [7, 11) is 0. The second kappa shape index (κ2) is 8.42. The van der Waals surface area contributed by atoms with Crippen LogP contribution in [0, 0.1) is 0 Å². The molecule has 0 saturated carbocycles. The van der Waals surface area contributed by atoms with Crippen LogP contribution < -0.4 is 11.0 Å². The molecular formula is C14H16Cl2N4O2S. The Morgan fingerprint density at radius 1 is 1.39 bits per heavy atom. The summed E-state index contributed by atoms with van der Waals surface area (Å²) in [6.45, 7) is 2.63. The highest BCUT2D eigenvalue weighted by Crippen LogP contribution is 2.25. The van der Waals surface area contributed by atoms with Crippen molar-refractivity contribution in [3.63, 3.8) is 0 Å². The van der Waals surface area contributed by atoms with Gasteiger partial charge in [-0.05, 0) is 24.6 Å². The van der Waals surface area contributed by atoms with Gasteiger partial charge in [0.25, 0.3) is 0 Å². The number of hydrogen-bond donors (Lipinski definition) is 2. The molecule has 0 aliphatic rings. The Kier molecular flexibility index (Phi) is 6.56. The third kappa shape index (κ3) is 5.02. The molecule has 6 nitrogen and oxygen atoms in total. The average molecular weight is 375 g/mol. The van der Waals surface area contributed by atoms with Gasteiger partial charge < -0.3 is 5.32 Å². The first-order chi connectivity index (χ1) is 11.0. The summed E-state index contributed by atoms with van der Waals surface area (Å²) in [5.74, 6) is -0.0812. The Morgan fingerprint density at radius 3 is 2.87 bits per heavy atom. The molecule has 0 spiro atoms. The Morgan fingerprint density at radius 2 is 2.17 bits per heavy atom. The van der Waals surface area contributed by atoms with Crippen molar-refractivity contribution in [1.29, 1.82) is 0 Å². The van der Waals surface area contributed by atoms with Gasteiger partial charge in [0, 0.05) is 12.2 Å². The van der Waals surface area contributed by atoms with E-state index in [1.165, 1.54) is 11.8 Å². The third-order valence-corrected chi connectivity index (χ3v) is 4.71. The minimum absolute atomic E-state index is 0.136. The van der Waals surface area contributed by atoms with E-state index in [9.17, 15) is 9.59 Å². The zero-order valence-corrected chi connectivity index (χ0v) is 14.8. The SMILES string of the molecule is CCCCn1c(SCC(=O)Nc2ccc(Cl)c(Cl)c2)n[nH]c1=O. The summed E-state index contributed by atoms with van der Waals surface area (Å²) in [5.41, 5.74) is 0.307. The second-order valence-electron chi connectivity index (χ2n) is 4.78. The van der Waals surface area contributed by atoms with Crippen LogP contribution in [0.25, 0.3) is 0 Å². The van der Waals surface area contributed by atoms with Gasteiger partial charge in [0.05, 0.1) is 15.8 Å². The maximum atomic E-state index is 12.0. The highest BCUT2D eigenvalue weighted by molar-refractivity contribution is 7.99. The van der Waals surface area contributed by atoms with Crippen LogP contribution in [0.2, 0.25) is 10.0 Å². The number of anilines is 1. The van der Waals surface area contributed by atoms with E-state index in [1.54, 1.807) is 22.8 Å². The largest absolute Gasteiger partial charge is 0.343 e. The van der Waals surface area contributed by atoms with Crippen molar-refractivity contribution in [3.8, 4) is 0 Å². The lowest BCUT2D eigenvalue weighted by molar-refractivity contribution is -0.113. The van der Waals surface area contributed by atoms with Crippen LogP contribution in [0.15, 0.2) is 28.2 Å². The molecule has 124 valence electrons. The maximum Gasteiger partial charge on any atom is 0.343 e. The standard InChI is InChI=1S/C14H16Cl2N4O2S/c1-2-3-6-20-13(22)18-19-14(20)23-8-12(21)17-9-4-5-10(15)11(16)7-9/h4-5,7H,2-3,6,8H2,1H3,(H,17,21)(H,18,22). The monoisotopic (exact) mass is 374 g/mol. The zero-order valence-electron chi connectivity index (χ0n) is 12.4. The van der Waals surface area contributed by atoms with Gasteiger partial charge in [-0.1, -0.05) is 48.3 Å². The Balaban J connectivity index is 1.94. The van der Waals surface area contributed by atoms with Gasteiger partial charge in [-0.15, -0.1) is 5.10 Å². The molecule has 0 saturated heterocycles. The van der Waals surface area contributed by atoms with Gasteiger partial charge in [-0.25, -0.2) is 9.89 Å². The number of hydrogen-bond acceptors (Lipinski definition) is 4. The first-order valence-electron chi connectivity index (χ1n) is 7.04. The molecule has 0 aliphatic heterocycles. The number of amides is 1. The van der Waals surface area contributed by atoms with Crippen LogP contribution in [0.5, 0.6) is 0 Å². The number of unbranched alkanes of at least 4 members (excludes halogenated alkanes) is 1. The molecule has 1 aromatic carbocycles. The van der Waals surface area contributed by atoms with Crippen LogP contribution in [-0.2, 0) is 11.3 Å². The average Bonchev–Trinajstić information content (AvgIpc) is 2.87. The Labute approximate surface area is 147 Å². The molecule has 0 aliphatic carbocycles. The molecular weight excluding hydrogens is 359 g/mol. The lowest BCUT2D eigenvalue weighted by Gasteiger charge is -2.07. The van der Waals surface area contributed by atoms with E-state index in [-0.39, 0.29) is 17.3 Å². The number of benzene rings is 1. The Hall–Kier alpha value is -1.44. The number of thioether (sulfide) groups is 1. The summed E-state index contributed by atoms with van der Waals surface area (Å²) in [4.78, 5) is 23.6. The predicted molar refractivity (Wildman–Crippen MR) is 93.6 cm³/mol. The molecule has 0 radical (unpaired) electrons. The summed E-state index contributed by atoms with van der Waals surface area (Å²) < 4.78 is 1.54. The molecule has 23 heavy (non-hydrogen) atoms. The van der Waals surface area contributed by atoms with Gasteiger partial charge in [0.15, 0.2) is 5.16 Å². The quantitative estimate of drug-likeness (QED) is 0.727. The van der Waals surface area contributed by atoms with Crippen molar-refractivity contribution >= 4 is 46.6 Å². The van der Waals surface area contributed by atoms with Crippen molar-refractivity contribution in [1.82, 2.24) is 14.8 Å². The van der Waals surface area contributed by atoms with Gasteiger partial charge >= 0.3 is 5.69 Å². The van der Waals surface area contributed by atoms with Gasteiger partial charge in [0.2, 0.25) is 5.91 Å². The van der Waals surface area contributed by atoms with Crippen LogP contribution in [-0.4, -0.2) is 26.4 Å². The summed E-state index contributed by atoms with van der Waals surface area (Å²) in [6, 6.07) is 4.86. The number of halogens is 2. The first kappa shape index (κ1) is 17.9. The molecule has 2 rings (SSSR count). The van der Waals surface area contributed by atoms with Crippen molar-refractivity contribution in [3.05, 3.63) is 38.7 Å². The highest BCUT2D eigenvalue weighted by Gasteiger charge is 2.11. The molecule has 0 fully saturated rings. The number of nitrogens with one attached hydrogen (secondary N) is 2. The number of rotatable bonds is 7. The maximum absolute atomic E-state index is 12.0. The first-order valence-corrected chi connectivity index (χ1v) is 8.78. The van der Waals surface area contributed by atoms with E-state index in [2.05, 4.69) is 15.5 Å². The summed E-state index contributed by atoms with van der Waals surface area (Å²) >= 11 is 12.9. The fourth-order valence-electron chi connectivity index (χ4n) is 1.83. The number of nitrogens with zero attached hydrogens (tertiary/aromatic N) is 2. The fourth-order valence-corrected chi connectivity index (χ4v) is 2.90. The number of aromatic amines is 1. The number of carbonyl (C=O) groups excluding carboxylic acids is 1. The Bertz CT molecular complexity index is 745. The van der Waals surface area contributed by atoms with Crippen LogP contribution >= 0.6 is 35.0 Å². The smallest absolute Gasteiger partial charge is 0.325 e. The minimum Gasteiger partial charge on any atom is -0.325 e. The topological polar surface area (TPSA) is 79.8 Å². The molecule has 1 aromatic heterocycles. The van der Waals surface area contributed by atoms with Gasteiger partial charge in [-0.2, -0.15) is 0 Å². The van der Waals surface area contributed by atoms with E-state index in [0.717, 1.165) is 12.8 Å². The molecule has 0 bridgehead atoms. The van der Waals surface area contributed by atoms with Crippen molar-refractivity contribution in [2.45, 2.75) is 31.5 Å². The third-order valence-electron chi connectivity index (χ3n) is 2.99. The normalized spacial score (nSPS) is 10.7. The van der Waals surface area contributed by atoms with Crippen molar-refractivity contribution in [2.75, 3.05) is 11.1 Å². The van der Waals surface area contributed by atoms with E-state index in [0.29, 0.717) is 27.4 Å². The van der Waals surface area contributed by atoms with E-state index in [1.807, 2.05) is 6.92 Å². The summed E-state index contributed by atoms with van der Waals surface area (Å²) in [6.07, 6.45) is 1.85. The van der Waals surface area contributed by atoms with Crippen LogP contribution in [0.1, 0.15) is 19.8 Å². The van der Waals surface area contributed by atoms with E-state index in [4.69, 9.17) is 23.2 Å². The number of carbonyl (C=O) groups is 1. The number of H-pyrrole nitrogens is 1. The predicted octanol–water partition coefficient (Wildman–Crippen LogP) is 3.41. The molecule has 0 unspecified atom stereocenters. The molecule has 0 atom stereocenters. The summed E-state index contributed by atoms with van der Waals surface area (Å²) in [5, 5.41) is 10.4. The molecule has 2 N–H and O–H groups in total. The molecule has 1 heterocycles. The molecule has 2 aromatic rings. The molecule has 9 heteroatoms. The fraction of sp³-hybridized carbons (Fsp3) is 0.357. The van der Waals surface area contributed by atoms with E-state index < -0.39 is 0 Å².